The number of hydrogen-bond donors (Lipinski definition) is 2. The molecular formula is C21H21N3O2S2. The Morgan fingerprint density at radius 2 is 1.75 bits per heavy atom. The van der Waals surface area contributed by atoms with E-state index in [0.29, 0.717) is 5.69 Å². The molecule has 0 unspecified atom stereocenters. The summed E-state index contributed by atoms with van der Waals surface area (Å²) in [5.74, 6) is 0.0899. The molecule has 0 aliphatic rings. The van der Waals surface area contributed by atoms with Crippen molar-refractivity contribution in [3.63, 3.8) is 0 Å². The van der Waals surface area contributed by atoms with Gasteiger partial charge >= 0.3 is 0 Å². The second-order valence-corrected chi connectivity index (χ2v) is 8.43. The summed E-state index contributed by atoms with van der Waals surface area (Å²) in [6.07, 6.45) is 0.209. The van der Waals surface area contributed by atoms with Gasteiger partial charge in [-0.2, -0.15) is 0 Å². The number of rotatable bonds is 7. The van der Waals surface area contributed by atoms with E-state index in [1.165, 1.54) is 23.1 Å². The number of carbonyl (C=O) groups excluding carboxylic acids is 2. The quantitative estimate of drug-likeness (QED) is 0.554. The van der Waals surface area contributed by atoms with Crippen LogP contribution in [0.15, 0.2) is 58.3 Å². The number of thioether (sulfide) groups is 1. The maximum absolute atomic E-state index is 12.2. The maximum atomic E-state index is 12.2. The number of hydrogen-bond acceptors (Lipinski definition) is 5. The highest BCUT2D eigenvalue weighted by Crippen LogP contribution is 2.23. The predicted molar refractivity (Wildman–Crippen MR) is 116 cm³/mol. The first-order valence-electron chi connectivity index (χ1n) is 8.79. The lowest BCUT2D eigenvalue weighted by molar-refractivity contribution is -0.116. The van der Waals surface area contributed by atoms with Crippen molar-refractivity contribution >= 4 is 46.3 Å². The Morgan fingerprint density at radius 1 is 1.00 bits per heavy atom. The SMILES string of the molecule is Cc1ccc(NC(=O)CSc2nc(CC(=O)Nc3ccccc3C)cs2)cc1. The molecule has 0 saturated heterocycles. The summed E-state index contributed by atoms with van der Waals surface area (Å²) in [6, 6.07) is 15.3. The van der Waals surface area contributed by atoms with E-state index in [0.717, 1.165) is 26.8 Å². The topological polar surface area (TPSA) is 71.1 Å². The van der Waals surface area contributed by atoms with Gasteiger partial charge in [0.05, 0.1) is 17.9 Å². The molecule has 144 valence electrons. The van der Waals surface area contributed by atoms with Crippen molar-refractivity contribution in [3.8, 4) is 0 Å². The van der Waals surface area contributed by atoms with E-state index >= 15 is 0 Å². The van der Waals surface area contributed by atoms with E-state index in [4.69, 9.17) is 0 Å². The molecule has 0 aliphatic heterocycles. The fourth-order valence-corrected chi connectivity index (χ4v) is 4.11. The lowest BCUT2D eigenvalue weighted by atomic mass is 10.2. The molecule has 1 heterocycles. The second kappa shape index (κ2) is 9.52. The van der Waals surface area contributed by atoms with Crippen molar-refractivity contribution in [2.75, 3.05) is 16.4 Å². The minimum Gasteiger partial charge on any atom is -0.326 e. The highest BCUT2D eigenvalue weighted by molar-refractivity contribution is 8.01. The van der Waals surface area contributed by atoms with Gasteiger partial charge in [-0.1, -0.05) is 47.7 Å². The molecule has 2 amide bonds. The molecule has 0 fully saturated rings. The number of carbonyl (C=O) groups is 2. The van der Waals surface area contributed by atoms with E-state index in [-0.39, 0.29) is 24.0 Å². The first kappa shape index (κ1) is 20.1. The average Bonchev–Trinajstić information content (AvgIpc) is 3.11. The van der Waals surface area contributed by atoms with Gasteiger partial charge in [0, 0.05) is 16.8 Å². The molecule has 0 bridgehead atoms. The number of para-hydroxylation sites is 1. The van der Waals surface area contributed by atoms with Gasteiger partial charge in [-0.15, -0.1) is 11.3 Å². The summed E-state index contributed by atoms with van der Waals surface area (Å²) in [5, 5.41) is 7.63. The Bertz CT molecular complexity index is 968. The molecule has 0 atom stereocenters. The smallest absolute Gasteiger partial charge is 0.234 e. The Hall–Kier alpha value is -2.64. The van der Waals surface area contributed by atoms with Crippen molar-refractivity contribution in [1.29, 1.82) is 0 Å². The summed E-state index contributed by atoms with van der Waals surface area (Å²) in [5.41, 5.74) is 4.46. The van der Waals surface area contributed by atoms with Gasteiger partial charge in [-0.3, -0.25) is 9.59 Å². The Labute approximate surface area is 172 Å². The van der Waals surface area contributed by atoms with E-state index in [1.807, 2.05) is 67.8 Å². The predicted octanol–water partition coefficient (Wildman–Crippen LogP) is 4.67. The summed E-state index contributed by atoms with van der Waals surface area (Å²) >= 11 is 2.81. The van der Waals surface area contributed by atoms with E-state index in [1.54, 1.807) is 0 Å². The molecular weight excluding hydrogens is 390 g/mol. The van der Waals surface area contributed by atoms with Crippen LogP contribution < -0.4 is 10.6 Å². The molecule has 7 heteroatoms. The zero-order valence-corrected chi connectivity index (χ0v) is 17.3. The molecule has 0 spiro atoms. The molecule has 5 nitrogen and oxygen atoms in total. The summed E-state index contributed by atoms with van der Waals surface area (Å²) < 4.78 is 0.776. The van der Waals surface area contributed by atoms with Crippen LogP contribution in [0.5, 0.6) is 0 Å². The van der Waals surface area contributed by atoms with Crippen molar-refractivity contribution in [2.45, 2.75) is 24.6 Å². The number of anilines is 2. The minimum absolute atomic E-state index is 0.0806. The summed E-state index contributed by atoms with van der Waals surface area (Å²) in [4.78, 5) is 28.7. The van der Waals surface area contributed by atoms with Crippen molar-refractivity contribution < 1.29 is 9.59 Å². The molecule has 0 aliphatic carbocycles. The van der Waals surface area contributed by atoms with Crippen molar-refractivity contribution in [1.82, 2.24) is 4.98 Å². The van der Waals surface area contributed by atoms with Crippen molar-refractivity contribution in [2.24, 2.45) is 0 Å². The van der Waals surface area contributed by atoms with Crippen LogP contribution >= 0.6 is 23.1 Å². The van der Waals surface area contributed by atoms with E-state index in [2.05, 4.69) is 15.6 Å². The van der Waals surface area contributed by atoms with Gasteiger partial charge in [0.25, 0.3) is 0 Å². The minimum atomic E-state index is -0.103. The maximum Gasteiger partial charge on any atom is 0.234 e. The first-order valence-corrected chi connectivity index (χ1v) is 10.7. The molecule has 1 aromatic heterocycles. The number of amides is 2. The summed E-state index contributed by atoms with van der Waals surface area (Å²) in [6.45, 7) is 3.96. The third-order valence-electron chi connectivity index (χ3n) is 3.95. The highest BCUT2D eigenvalue weighted by Gasteiger charge is 2.11. The second-order valence-electron chi connectivity index (χ2n) is 6.35. The lowest BCUT2D eigenvalue weighted by Crippen LogP contribution is -2.15. The normalized spacial score (nSPS) is 10.5. The van der Waals surface area contributed by atoms with E-state index < -0.39 is 0 Å². The van der Waals surface area contributed by atoms with Crippen LogP contribution in [-0.4, -0.2) is 22.6 Å². The fourth-order valence-electron chi connectivity index (χ4n) is 2.47. The number of nitrogens with zero attached hydrogens (tertiary/aromatic N) is 1. The van der Waals surface area contributed by atoms with Gasteiger partial charge in [-0.25, -0.2) is 4.98 Å². The van der Waals surface area contributed by atoms with Crippen LogP contribution in [0.2, 0.25) is 0 Å². The molecule has 2 N–H and O–H groups in total. The lowest BCUT2D eigenvalue weighted by Gasteiger charge is -2.06. The Balaban J connectivity index is 1.47. The van der Waals surface area contributed by atoms with Gasteiger partial charge in [0.15, 0.2) is 4.34 Å². The third kappa shape index (κ3) is 5.94. The van der Waals surface area contributed by atoms with Gasteiger partial charge in [0.2, 0.25) is 11.8 Å². The van der Waals surface area contributed by atoms with Crippen LogP contribution in [0.3, 0.4) is 0 Å². The van der Waals surface area contributed by atoms with Crippen LogP contribution in [-0.2, 0) is 16.0 Å². The highest BCUT2D eigenvalue weighted by atomic mass is 32.2. The molecule has 0 radical (unpaired) electrons. The number of aromatic nitrogens is 1. The van der Waals surface area contributed by atoms with Gasteiger partial charge < -0.3 is 10.6 Å². The molecule has 3 aromatic rings. The Morgan fingerprint density at radius 3 is 2.50 bits per heavy atom. The van der Waals surface area contributed by atoms with Gasteiger partial charge in [-0.05, 0) is 37.6 Å². The molecule has 0 saturated carbocycles. The number of nitrogens with one attached hydrogen (secondary N) is 2. The van der Waals surface area contributed by atoms with Crippen LogP contribution in [0, 0.1) is 13.8 Å². The summed E-state index contributed by atoms with van der Waals surface area (Å²) in [7, 11) is 0. The zero-order valence-electron chi connectivity index (χ0n) is 15.7. The monoisotopic (exact) mass is 411 g/mol. The van der Waals surface area contributed by atoms with Crippen LogP contribution in [0.1, 0.15) is 16.8 Å². The van der Waals surface area contributed by atoms with Crippen LogP contribution in [0.25, 0.3) is 0 Å². The van der Waals surface area contributed by atoms with Crippen LogP contribution in [0.4, 0.5) is 11.4 Å². The number of thiazole rings is 1. The van der Waals surface area contributed by atoms with E-state index in [9.17, 15) is 9.59 Å². The molecule has 3 rings (SSSR count). The van der Waals surface area contributed by atoms with Gasteiger partial charge in [0.1, 0.15) is 0 Å². The molecule has 2 aromatic carbocycles. The zero-order chi connectivity index (χ0) is 19.9. The largest absolute Gasteiger partial charge is 0.326 e. The van der Waals surface area contributed by atoms with Crippen molar-refractivity contribution in [3.05, 3.63) is 70.7 Å². The standard InChI is InChI=1S/C21H21N3O2S2/c1-14-7-9-16(10-8-14)22-20(26)13-28-21-23-17(12-27-21)11-19(25)24-18-6-4-3-5-15(18)2/h3-10,12H,11,13H2,1-2H3,(H,22,26)(H,24,25). The Kier molecular flexibility index (Phi) is 6.84. The fraction of sp³-hybridized carbons (Fsp3) is 0.190. The molecule has 28 heavy (non-hydrogen) atoms. The number of benzene rings is 2. The third-order valence-corrected chi connectivity index (χ3v) is 6.02. The first-order chi connectivity index (χ1) is 13.5. The average molecular weight is 412 g/mol. The number of aryl methyl sites for hydroxylation is 2.